The summed E-state index contributed by atoms with van der Waals surface area (Å²) in [5.41, 5.74) is 5.68. The number of piperidine rings is 1. The zero-order valence-electron chi connectivity index (χ0n) is 15.7. The Morgan fingerprint density at radius 1 is 1.07 bits per heavy atom. The van der Waals surface area contributed by atoms with Gasteiger partial charge in [0.2, 0.25) is 0 Å². The summed E-state index contributed by atoms with van der Waals surface area (Å²) in [4.78, 5) is 25.4. The number of hydrogen-bond acceptors (Lipinski definition) is 4. The highest BCUT2D eigenvalue weighted by atomic mass is 16.3. The van der Waals surface area contributed by atoms with Gasteiger partial charge in [-0.3, -0.25) is 15.0 Å². The third kappa shape index (κ3) is 5.08. The first-order chi connectivity index (χ1) is 13.0. The molecular weight excluding hydrogens is 342 g/mol. The summed E-state index contributed by atoms with van der Waals surface area (Å²) in [5, 5.41) is 4.62. The van der Waals surface area contributed by atoms with Crippen molar-refractivity contribution in [1.82, 2.24) is 15.8 Å². The lowest BCUT2D eigenvalue weighted by Crippen LogP contribution is -2.47. The van der Waals surface area contributed by atoms with Gasteiger partial charge < -0.3 is 9.73 Å². The molecule has 2 N–H and O–H groups in total. The minimum atomic E-state index is -0.356. The number of furan rings is 1. The van der Waals surface area contributed by atoms with Gasteiger partial charge in [-0.15, -0.1) is 0 Å². The molecule has 6 heteroatoms. The predicted octanol–water partition coefficient (Wildman–Crippen LogP) is 3.18. The number of nitrogens with one attached hydrogen (secondary N) is 2. The van der Waals surface area contributed by atoms with E-state index in [2.05, 4.69) is 10.7 Å². The minimum absolute atomic E-state index is 0.152. The molecule has 1 aromatic carbocycles. The normalized spacial score (nSPS) is 15.4. The highest BCUT2D eigenvalue weighted by Gasteiger charge is 2.19. The third-order valence-corrected chi connectivity index (χ3v) is 4.71. The number of rotatable bonds is 5. The van der Waals surface area contributed by atoms with Crippen LogP contribution >= 0.6 is 0 Å². The predicted molar refractivity (Wildman–Crippen MR) is 104 cm³/mol. The molecule has 6 nitrogen and oxygen atoms in total. The topological polar surface area (TPSA) is 74.6 Å². The van der Waals surface area contributed by atoms with Crippen molar-refractivity contribution < 1.29 is 14.0 Å². The van der Waals surface area contributed by atoms with Crippen LogP contribution in [0.3, 0.4) is 0 Å². The number of benzene rings is 1. The summed E-state index contributed by atoms with van der Waals surface area (Å²) < 4.78 is 5.30. The molecule has 1 aromatic heterocycles. The summed E-state index contributed by atoms with van der Waals surface area (Å²) in [6.45, 7) is 5.57. The van der Waals surface area contributed by atoms with E-state index in [0.717, 1.165) is 37.1 Å². The van der Waals surface area contributed by atoms with Crippen LogP contribution in [0.5, 0.6) is 0 Å². The lowest BCUT2D eigenvalue weighted by molar-refractivity contribution is -0.122. The van der Waals surface area contributed by atoms with Crippen LogP contribution in [0, 0.1) is 13.8 Å². The highest BCUT2D eigenvalue weighted by molar-refractivity contribution is 6.05. The van der Waals surface area contributed by atoms with Crippen molar-refractivity contribution in [2.24, 2.45) is 0 Å². The van der Waals surface area contributed by atoms with E-state index in [1.807, 2.05) is 31.0 Å². The van der Waals surface area contributed by atoms with Crippen LogP contribution in [0.15, 0.2) is 46.7 Å². The van der Waals surface area contributed by atoms with Gasteiger partial charge in [-0.25, -0.2) is 5.01 Å². The number of carbonyl (C=O) groups excluding carboxylic acids is 2. The second-order valence-corrected chi connectivity index (χ2v) is 6.82. The SMILES string of the molecule is Cc1ccc(C(=O)NC(=Cc2ccco2)C(=O)NN2CCCCC2)cc1C. The number of hydrazine groups is 1. The van der Waals surface area contributed by atoms with Crippen LogP contribution in [0.4, 0.5) is 0 Å². The molecule has 0 bridgehead atoms. The molecule has 0 atom stereocenters. The number of aryl methyl sites for hydroxylation is 2. The number of amides is 2. The van der Waals surface area contributed by atoms with Gasteiger partial charge in [-0.05, 0) is 62.1 Å². The molecule has 1 aliphatic rings. The van der Waals surface area contributed by atoms with Gasteiger partial charge in [0.1, 0.15) is 11.5 Å². The molecular formula is C21H25N3O3. The Hall–Kier alpha value is -2.86. The van der Waals surface area contributed by atoms with Crippen molar-refractivity contribution in [3.63, 3.8) is 0 Å². The van der Waals surface area contributed by atoms with Crippen LogP contribution in [0.25, 0.3) is 6.08 Å². The van der Waals surface area contributed by atoms with Gasteiger partial charge in [0.05, 0.1) is 6.26 Å². The fraction of sp³-hybridized carbons (Fsp3) is 0.333. The van der Waals surface area contributed by atoms with E-state index in [1.165, 1.54) is 18.8 Å². The number of nitrogens with zero attached hydrogens (tertiary/aromatic N) is 1. The van der Waals surface area contributed by atoms with Crippen molar-refractivity contribution >= 4 is 17.9 Å². The lowest BCUT2D eigenvalue weighted by Gasteiger charge is -2.27. The first-order valence-corrected chi connectivity index (χ1v) is 9.22. The lowest BCUT2D eigenvalue weighted by atomic mass is 10.1. The van der Waals surface area contributed by atoms with E-state index in [1.54, 1.807) is 18.2 Å². The molecule has 1 saturated heterocycles. The zero-order valence-corrected chi connectivity index (χ0v) is 15.7. The Morgan fingerprint density at radius 2 is 1.85 bits per heavy atom. The molecule has 1 fully saturated rings. The Labute approximate surface area is 159 Å². The molecule has 27 heavy (non-hydrogen) atoms. The molecule has 0 spiro atoms. The molecule has 2 heterocycles. The summed E-state index contributed by atoms with van der Waals surface area (Å²) >= 11 is 0. The van der Waals surface area contributed by atoms with Gasteiger partial charge in [0, 0.05) is 24.7 Å². The molecule has 0 radical (unpaired) electrons. The van der Waals surface area contributed by atoms with Crippen molar-refractivity contribution in [1.29, 1.82) is 0 Å². The van der Waals surface area contributed by atoms with Gasteiger partial charge in [-0.2, -0.15) is 0 Å². The van der Waals surface area contributed by atoms with Crippen molar-refractivity contribution in [3.05, 3.63) is 64.7 Å². The van der Waals surface area contributed by atoms with Gasteiger partial charge >= 0.3 is 0 Å². The van der Waals surface area contributed by atoms with E-state index in [0.29, 0.717) is 11.3 Å². The molecule has 1 aliphatic heterocycles. The van der Waals surface area contributed by atoms with Crippen molar-refractivity contribution in [3.8, 4) is 0 Å². The van der Waals surface area contributed by atoms with E-state index >= 15 is 0 Å². The average molecular weight is 367 g/mol. The summed E-state index contributed by atoms with van der Waals surface area (Å²) in [7, 11) is 0. The van der Waals surface area contributed by atoms with E-state index in [4.69, 9.17) is 4.42 Å². The van der Waals surface area contributed by atoms with Gasteiger partial charge in [0.25, 0.3) is 11.8 Å². The van der Waals surface area contributed by atoms with Crippen LogP contribution in [-0.2, 0) is 4.79 Å². The number of hydrogen-bond donors (Lipinski definition) is 2. The van der Waals surface area contributed by atoms with Crippen molar-refractivity contribution in [2.75, 3.05) is 13.1 Å². The summed E-state index contributed by atoms with van der Waals surface area (Å²) in [5.74, 6) is -0.186. The molecule has 3 rings (SSSR count). The highest BCUT2D eigenvalue weighted by Crippen LogP contribution is 2.12. The van der Waals surface area contributed by atoms with E-state index < -0.39 is 0 Å². The number of carbonyl (C=O) groups is 2. The molecule has 0 saturated carbocycles. The Kier molecular flexibility index (Phi) is 6.08. The first kappa shape index (κ1) is 18.9. The van der Waals surface area contributed by atoms with E-state index in [9.17, 15) is 9.59 Å². The second-order valence-electron chi connectivity index (χ2n) is 6.82. The maximum atomic E-state index is 12.7. The largest absolute Gasteiger partial charge is 0.465 e. The maximum Gasteiger partial charge on any atom is 0.282 e. The van der Waals surface area contributed by atoms with E-state index in [-0.39, 0.29) is 17.5 Å². The summed E-state index contributed by atoms with van der Waals surface area (Å²) in [6.07, 6.45) is 6.33. The zero-order chi connectivity index (χ0) is 19.2. The molecule has 2 aromatic rings. The smallest absolute Gasteiger partial charge is 0.282 e. The molecule has 2 amide bonds. The first-order valence-electron chi connectivity index (χ1n) is 9.22. The minimum Gasteiger partial charge on any atom is -0.465 e. The third-order valence-electron chi connectivity index (χ3n) is 4.71. The van der Waals surface area contributed by atoms with Gasteiger partial charge in [0.15, 0.2) is 0 Å². The summed E-state index contributed by atoms with van der Waals surface area (Å²) in [6, 6.07) is 8.93. The fourth-order valence-corrected chi connectivity index (χ4v) is 2.96. The molecule has 142 valence electrons. The Balaban J connectivity index is 1.78. The standard InChI is InChI=1S/C21H25N3O3/c1-15-8-9-17(13-16(15)2)20(25)22-19(14-18-7-6-12-27-18)21(26)23-24-10-4-3-5-11-24/h6-9,12-14H,3-5,10-11H2,1-2H3,(H,22,25)(H,23,26). The monoisotopic (exact) mass is 367 g/mol. The van der Waals surface area contributed by atoms with Crippen LogP contribution in [-0.4, -0.2) is 29.9 Å². The average Bonchev–Trinajstić information content (AvgIpc) is 3.17. The molecule has 0 unspecified atom stereocenters. The fourth-order valence-electron chi connectivity index (χ4n) is 2.96. The Morgan fingerprint density at radius 3 is 2.52 bits per heavy atom. The van der Waals surface area contributed by atoms with Crippen molar-refractivity contribution in [2.45, 2.75) is 33.1 Å². The van der Waals surface area contributed by atoms with Crippen LogP contribution in [0.2, 0.25) is 0 Å². The quantitative estimate of drug-likeness (QED) is 0.796. The van der Waals surface area contributed by atoms with Gasteiger partial charge in [-0.1, -0.05) is 12.5 Å². The molecule has 0 aliphatic carbocycles. The Bertz CT molecular complexity index is 834. The maximum absolute atomic E-state index is 12.7. The van der Waals surface area contributed by atoms with Crippen LogP contribution < -0.4 is 10.7 Å². The van der Waals surface area contributed by atoms with Crippen LogP contribution in [0.1, 0.15) is 46.5 Å². The second kappa shape index (κ2) is 8.68.